The van der Waals surface area contributed by atoms with Gasteiger partial charge in [-0.15, -0.1) is 19.0 Å². The molecule has 2 nitrogen and oxygen atoms in total. The molecule has 0 saturated carbocycles. The Hall–Kier alpha value is -0.410. The van der Waals surface area contributed by atoms with E-state index >= 15 is 0 Å². The molecule has 0 radical (unpaired) electrons. The lowest BCUT2D eigenvalue weighted by atomic mass is 10.0. The van der Waals surface area contributed by atoms with Crippen LogP contribution in [-0.4, -0.2) is 5.11 Å². The summed E-state index contributed by atoms with van der Waals surface area (Å²) in [6, 6.07) is 2.72. The molecule has 0 aliphatic carbocycles. The number of phenols is 1. The van der Waals surface area contributed by atoms with E-state index in [0.29, 0.717) is 22.0 Å². The Labute approximate surface area is 111 Å². The normalized spacial score (nSPS) is 11.7. The van der Waals surface area contributed by atoms with Crippen molar-refractivity contribution in [1.29, 1.82) is 0 Å². The van der Waals surface area contributed by atoms with Crippen LogP contribution >= 0.6 is 35.6 Å². The van der Waals surface area contributed by atoms with Gasteiger partial charge in [-0.25, -0.2) is 0 Å². The number of hydrogen-bond acceptors (Lipinski definition) is 2. The van der Waals surface area contributed by atoms with E-state index in [4.69, 9.17) is 28.9 Å². The predicted octanol–water partition coefficient (Wildman–Crippen LogP) is 4.09. The Balaban J connectivity index is 0.00000225. The lowest BCUT2D eigenvalue weighted by molar-refractivity contribution is 0.459. The molecule has 0 unspecified atom stereocenters. The van der Waals surface area contributed by atoms with Crippen LogP contribution in [0.1, 0.15) is 24.4 Å². The Morgan fingerprint density at radius 2 is 2.06 bits per heavy atom. The van der Waals surface area contributed by atoms with Crippen molar-refractivity contribution in [3.63, 3.8) is 0 Å². The first-order chi connectivity index (χ1) is 7.06. The lowest BCUT2D eigenvalue weighted by Gasteiger charge is -2.14. The van der Waals surface area contributed by atoms with Crippen LogP contribution in [-0.2, 0) is 0 Å². The van der Waals surface area contributed by atoms with Gasteiger partial charge in [-0.3, -0.25) is 0 Å². The van der Waals surface area contributed by atoms with Gasteiger partial charge in [-0.05, 0) is 25.0 Å². The van der Waals surface area contributed by atoms with Crippen molar-refractivity contribution in [2.24, 2.45) is 5.73 Å². The summed E-state index contributed by atoms with van der Waals surface area (Å²) in [5, 5.41) is 10.5. The van der Waals surface area contributed by atoms with Crippen molar-refractivity contribution in [2.45, 2.75) is 18.9 Å². The number of hydrogen-bond donors (Lipinski definition) is 2. The lowest BCUT2D eigenvalue weighted by Crippen LogP contribution is -2.10. The first-order valence-electron chi connectivity index (χ1n) is 4.60. The monoisotopic (exact) mass is 281 g/mol. The highest BCUT2D eigenvalue weighted by Gasteiger charge is 2.15. The van der Waals surface area contributed by atoms with Gasteiger partial charge in [0.25, 0.3) is 0 Å². The topological polar surface area (TPSA) is 46.2 Å². The highest BCUT2D eigenvalue weighted by Crippen LogP contribution is 2.35. The second-order valence-corrected chi connectivity index (χ2v) is 4.14. The molecule has 0 aromatic heterocycles. The number of nitrogens with two attached hydrogens (primary N) is 1. The van der Waals surface area contributed by atoms with E-state index in [0.717, 1.165) is 6.42 Å². The van der Waals surface area contributed by atoms with Crippen molar-refractivity contribution in [2.75, 3.05) is 0 Å². The van der Waals surface area contributed by atoms with Crippen LogP contribution in [0.5, 0.6) is 5.75 Å². The van der Waals surface area contributed by atoms with E-state index in [1.165, 1.54) is 6.07 Å². The second-order valence-electron chi connectivity index (χ2n) is 3.29. The summed E-state index contributed by atoms with van der Waals surface area (Å²) in [4.78, 5) is 0. The molecule has 1 aromatic rings. The minimum absolute atomic E-state index is 0. The number of rotatable bonds is 4. The molecule has 1 aromatic carbocycles. The Bertz CT molecular complexity index is 345. The summed E-state index contributed by atoms with van der Waals surface area (Å²) in [5.41, 5.74) is 6.44. The fourth-order valence-corrected chi connectivity index (χ4v) is 2.00. The molecule has 1 atom stereocenters. The zero-order valence-electron chi connectivity index (χ0n) is 8.62. The van der Waals surface area contributed by atoms with E-state index in [2.05, 4.69) is 6.58 Å². The van der Waals surface area contributed by atoms with Crippen molar-refractivity contribution in [1.82, 2.24) is 0 Å². The number of phenolic OH excluding ortho intramolecular Hbond substituents is 1. The van der Waals surface area contributed by atoms with Gasteiger partial charge in [-0.2, -0.15) is 0 Å². The zero-order valence-corrected chi connectivity index (χ0v) is 10.9. The van der Waals surface area contributed by atoms with Crippen LogP contribution in [0.25, 0.3) is 0 Å². The highest BCUT2D eigenvalue weighted by molar-refractivity contribution is 6.35. The first-order valence-corrected chi connectivity index (χ1v) is 5.36. The average Bonchev–Trinajstić information content (AvgIpc) is 2.12. The fourth-order valence-electron chi connectivity index (χ4n) is 1.38. The molecule has 0 fully saturated rings. The average molecular weight is 283 g/mol. The molecule has 0 aliphatic heterocycles. The summed E-state index contributed by atoms with van der Waals surface area (Å²) in [7, 11) is 0. The van der Waals surface area contributed by atoms with Crippen LogP contribution in [0, 0.1) is 0 Å². The summed E-state index contributed by atoms with van der Waals surface area (Å²) < 4.78 is 0. The third kappa shape index (κ3) is 3.87. The molecule has 16 heavy (non-hydrogen) atoms. The van der Waals surface area contributed by atoms with Crippen LogP contribution in [0.15, 0.2) is 24.8 Å². The standard InChI is InChI=1S/C11H13Cl2NO.ClH/c1-2-3-4-9(14)11-8(13)5-7(12)6-10(11)15;/h2,5-6,9,15H,1,3-4,14H2;1H/t9-;/m0./s1. The van der Waals surface area contributed by atoms with Crippen molar-refractivity contribution in [3.05, 3.63) is 40.4 Å². The van der Waals surface area contributed by atoms with Crippen molar-refractivity contribution < 1.29 is 5.11 Å². The van der Waals surface area contributed by atoms with Gasteiger partial charge in [0, 0.05) is 16.6 Å². The summed E-state index contributed by atoms with van der Waals surface area (Å²) in [5.74, 6) is 0.0454. The quantitative estimate of drug-likeness (QED) is 0.817. The number of halogens is 3. The number of allylic oxidation sites excluding steroid dienone is 1. The van der Waals surface area contributed by atoms with E-state index in [9.17, 15) is 5.11 Å². The van der Waals surface area contributed by atoms with Gasteiger partial charge in [-0.1, -0.05) is 29.3 Å². The summed E-state index contributed by atoms with van der Waals surface area (Å²) in [6.07, 6.45) is 3.25. The smallest absolute Gasteiger partial charge is 0.123 e. The molecule has 0 aliphatic rings. The zero-order chi connectivity index (χ0) is 11.4. The van der Waals surface area contributed by atoms with Crippen LogP contribution < -0.4 is 5.73 Å². The number of benzene rings is 1. The largest absolute Gasteiger partial charge is 0.508 e. The van der Waals surface area contributed by atoms with E-state index < -0.39 is 0 Å². The first kappa shape index (κ1) is 15.6. The molecule has 0 saturated heterocycles. The van der Waals surface area contributed by atoms with Crippen LogP contribution in [0.2, 0.25) is 10.0 Å². The molecule has 0 spiro atoms. The molecule has 90 valence electrons. The summed E-state index contributed by atoms with van der Waals surface area (Å²) >= 11 is 11.7. The van der Waals surface area contributed by atoms with E-state index in [1.807, 2.05) is 0 Å². The number of aromatic hydroxyl groups is 1. The van der Waals surface area contributed by atoms with Gasteiger partial charge >= 0.3 is 0 Å². The van der Waals surface area contributed by atoms with Crippen LogP contribution in [0.4, 0.5) is 0 Å². The second kappa shape index (κ2) is 7.02. The third-order valence-electron chi connectivity index (χ3n) is 2.13. The Morgan fingerprint density at radius 3 is 2.56 bits per heavy atom. The minimum atomic E-state index is -0.298. The Morgan fingerprint density at radius 1 is 1.44 bits per heavy atom. The van der Waals surface area contributed by atoms with E-state index in [1.54, 1.807) is 12.1 Å². The molecule has 0 bridgehead atoms. The van der Waals surface area contributed by atoms with Gasteiger partial charge in [0.2, 0.25) is 0 Å². The van der Waals surface area contributed by atoms with Gasteiger partial charge < -0.3 is 10.8 Å². The fraction of sp³-hybridized carbons (Fsp3) is 0.273. The molecular formula is C11H14Cl3NO. The van der Waals surface area contributed by atoms with Gasteiger partial charge in [0.15, 0.2) is 0 Å². The maximum atomic E-state index is 9.67. The molecule has 1 rings (SSSR count). The minimum Gasteiger partial charge on any atom is -0.508 e. The molecule has 3 N–H and O–H groups in total. The van der Waals surface area contributed by atoms with Gasteiger partial charge in [0.05, 0.1) is 5.02 Å². The predicted molar refractivity (Wildman–Crippen MR) is 71.7 cm³/mol. The van der Waals surface area contributed by atoms with Crippen molar-refractivity contribution in [3.8, 4) is 5.75 Å². The summed E-state index contributed by atoms with van der Waals surface area (Å²) in [6.45, 7) is 3.61. The molecular weight excluding hydrogens is 268 g/mol. The van der Waals surface area contributed by atoms with Crippen LogP contribution in [0.3, 0.4) is 0 Å². The Kier molecular flexibility index (Phi) is 6.84. The molecule has 0 heterocycles. The van der Waals surface area contributed by atoms with Crippen molar-refractivity contribution >= 4 is 35.6 Å². The molecule has 5 heteroatoms. The maximum absolute atomic E-state index is 9.67. The highest BCUT2D eigenvalue weighted by atomic mass is 35.5. The maximum Gasteiger partial charge on any atom is 0.123 e. The van der Waals surface area contributed by atoms with Gasteiger partial charge in [0.1, 0.15) is 5.75 Å². The third-order valence-corrected chi connectivity index (χ3v) is 2.66. The van der Waals surface area contributed by atoms with E-state index in [-0.39, 0.29) is 24.2 Å². The SMILES string of the molecule is C=CCC[C@H](N)c1c(O)cc(Cl)cc1Cl.Cl. The molecule has 0 amide bonds.